The molecule has 0 radical (unpaired) electrons. The number of carbonyl (C=O) groups excluding carboxylic acids is 2. The highest BCUT2D eigenvalue weighted by Gasteiger charge is 2.33. The van der Waals surface area contributed by atoms with E-state index in [0.29, 0.717) is 17.2 Å². The average molecular weight is 490 g/mol. The zero-order chi connectivity index (χ0) is 25.3. The molecule has 1 aliphatic carbocycles. The fourth-order valence-corrected chi connectivity index (χ4v) is 3.46. The number of methoxy groups -OCH3 is 1. The zero-order valence-electron chi connectivity index (χ0n) is 19.0. The van der Waals surface area contributed by atoms with Crippen LogP contribution in [0.2, 0.25) is 0 Å². The fraction of sp³-hybridized carbons (Fsp3) is 0.364. The Morgan fingerprint density at radius 2 is 1.91 bits per heavy atom. The van der Waals surface area contributed by atoms with E-state index in [0.717, 1.165) is 18.9 Å². The number of halogens is 3. The molecule has 1 N–H and O–H groups in total. The summed E-state index contributed by atoms with van der Waals surface area (Å²) in [6.45, 7) is 3.29. The van der Waals surface area contributed by atoms with Crippen LogP contribution >= 0.6 is 0 Å². The van der Waals surface area contributed by atoms with Crippen molar-refractivity contribution in [3.8, 4) is 11.6 Å². The van der Waals surface area contributed by atoms with Gasteiger partial charge in [-0.05, 0) is 56.4 Å². The standard InChI is InChI=1S/C22H21F3N6O4/c1-11(19-29-12(2)30-31(19)18-10-26-17(9-27-18)21(33)34-3)28-20(32)15-6-14(13-4-5-13)7-16(8-15)35-22(23,24)25/h6-11,13H,4-5H2,1-3H3,(H,28,32). The minimum absolute atomic E-state index is 0.00316. The molecule has 3 aromatic rings. The van der Waals surface area contributed by atoms with Crippen LogP contribution < -0.4 is 10.1 Å². The number of alkyl halides is 3. The van der Waals surface area contributed by atoms with E-state index >= 15 is 0 Å². The smallest absolute Gasteiger partial charge is 0.464 e. The van der Waals surface area contributed by atoms with E-state index in [4.69, 9.17) is 0 Å². The van der Waals surface area contributed by atoms with Crippen molar-refractivity contribution in [1.82, 2.24) is 30.0 Å². The number of aromatic nitrogens is 5. The molecule has 0 spiro atoms. The topological polar surface area (TPSA) is 121 Å². The molecule has 2 heterocycles. The predicted molar refractivity (Wildman–Crippen MR) is 114 cm³/mol. The molecule has 0 aliphatic heterocycles. The van der Waals surface area contributed by atoms with Crippen molar-refractivity contribution in [2.75, 3.05) is 7.11 Å². The molecule has 10 nitrogen and oxygen atoms in total. The Morgan fingerprint density at radius 3 is 2.51 bits per heavy atom. The number of carbonyl (C=O) groups is 2. The summed E-state index contributed by atoms with van der Waals surface area (Å²) in [5.74, 6) is -0.662. The summed E-state index contributed by atoms with van der Waals surface area (Å²) >= 11 is 0. The first kappa shape index (κ1) is 24.1. The van der Waals surface area contributed by atoms with E-state index in [1.807, 2.05) is 0 Å². The molecule has 2 aromatic heterocycles. The van der Waals surface area contributed by atoms with Crippen molar-refractivity contribution in [2.24, 2.45) is 0 Å². The van der Waals surface area contributed by atoms with Gasteiger partial charge in [0.2, 0.25) is 0 Å². The van der Waals surface area contributed by atoms with Gasteiger partial charge in [-0.2, -0.15) is 4.68 Å². The van der Waals surface area contributed by atoms with Crippen molar-refractivity contribution in [3.63, 3.8) is 0 Å². The van der Waals surface area contributed by atoms with Gasteiger partial charge in [0, 0.05) is 5.56 Å². The summed E-state index contributed by atoms with van der Waals surface area (Å²) in [7, 11) is 1.22. The lowest BCUT2D eigenvalue weighted by molar-refractivity contribution is -0.274. The van der Waals surface area contributed by atoms with Crippen molar-refractivity contribution in [1.29, 1.82) is 0 Å². The molecular formula is C22H21F3N6O4. The third-order valence-electron chi connectivity index (χ3n) is 5.20. The molecule has 4 rings (SSSR count). The first-order valence-electron chi connectivity index (χ1n) is 10.6. The van der Waals surface area contributed by atoms with Crippen LogP contribution in [0.15, 0.2) is 30.6 Å². The molecule has 1 unspecified atom stereocenters. The van der Waals surface area contributed by atoms with Gasteiger partial charge >= 0.3 is 12.3 Å². The van der Waals surface area contributed by atoms with Gasteiger partial charge in [-0.25, -0.2) is 19.7 Å². The first-order chi connectivity index (χ1) is 16.5. The summed E-state index contributed by atoms with van der Waals surface area (Å²) in [6, 6.07) is 3.22. The molecule has 0 saturated heterocycles. The molecule has 1 fully saturated rings. The van der Waals surface area contributed by atoms with Gasteiger partial charge in [0.25, 0.3) is 5.91 Å². The predicted octanol–water partition coefficient (Wildman–Crippen LogP) is 3.42. The average Bonchev–Trinajstić information content (AvgIpc) is 3.58. The van der Waals surface area contributed by atoms with E-state index in [9.17, 15) is 22.8 Å². The molecule has 1 aromatic carbocycles. The number of esters is 1. The summed E-state index contributed by atoms with van der Waals surface area (Å²) in [6.07, 6.45) is -0.674. The molecule has 1 aliphatic rings. The molecule has 13 heteroatoms. The normalized spacial score (nSPS) is 14.3. The second-order valence-electron chi connectivity index (χ2n) is 7.99. The van der Waals surface area contributed by atoms with E-state index in [-0.39, 0.29) is 23.0 Å². The second-order valence-corrected chi connectivity index (χ2v) is 7.99. The van der Waals surface area contributed by atoms with Crippen molar-refractivity contribution < 1.29 is 32.2 Å². The Labute approximate surface area is 197 Å². The summed E-state index contributed by atoms with van der Waals surface area (Å²) in [4.78, 5) is 37.0. The Bertz CT molecular complexity index is 1260. The lowest BCUT2D eigenvalue weighted by Crippen LogP contribution is -2.29. The molecule has 1 saturated carbocycles. The summed E-state index contributed by atoms with van der Waals surface area (Å²) in [5.41, 5.74) is 0.651. The summed E-state index contributed by atoms with van der Waals surface area (Å²) < 4.78 is 48.3. The molecule has 1 atom stereocenters. The van der Waals surface area contributed by atoms with E-state index in [1.54, 1.807) is 19.9 Å². The van der Waals surface area contributed by atoms with Gasteiger partial charge in [0.15, 0.2) is 17.3 Å². The molecule has 1 amide bonds. The number of benzene rings is 1. The summed E-state index contributed by atoms with van der Waals surface area (Å²) in [5, 5.41) is 7.00. The maximum Gasteiger partial charge on any atom is 0.573 e. The SMILES string of the molecule is COC(=O)c1cnc(-n2nc(C)nc2C(C)NC(=O)c2cc(OC(F)(F)F)cc(C3CC3)c2)cn1. The number of amides is 1. The van der Waals surface area contributed by atoms with Gasteiger partial charge in [-0.3, -0.25) is 4.79 Å². The van der Waals surface area contributed by atoms with Crippen LogP contribution in [0.1, 0.15) is 69.8 Å². The second kappa shape index (κ2) is 9.31. The Morgan fingerprint density at radius 1 is 1.17 bits per heavy atom. The Kier molecular flexibility index (Phi) is 6.41. The van der Waals surface area contributed by atoms with Gasteiger partial charge in [0.05, 0.1) is 25.5 Å². The van der Waals surface area contributed by atoms with E-state index < -0.39 is 30.0 Å². The Hall–Kier alpha value is -4.03. The van der Waals surface area contributed by atoms with Crippen molar-refractivity contribution >= 4 is 11.9 Å². The van der Waals surface area contributed by atoms with Gasteiger partial charge in [-0.1, -0.05) is 0 Å². The molecule has 35 heavy (non-hydrogen) atoms. The minimum atomic E-state index is -4.87. The van der Waals surface area contributed by atoms with Crippen molar-refractivity contribution in [3.05, 3.63) is 59.1 Å². The monoisotopic (exact) mass is 490 g/mol. The van der Waals surface area contributed by atoms with Crippen molar-refractivity contribution in [2.45, 2.75) is 45.0 Å². The number of rotatable bonds is 7. The maximum absolute atomic E-state index is 13.0. The number of ether oxygens (including phenoxy) is 2. The molecule has 184 valence electrons. The molecule has 0 bridgehead atoms. The van der Waals surface area contributed by atoms with Crippen LogP contribution in [-0.4, -0.2) is 50.1 Å². The third-order valence-corrected chi connectivity index (χ3v) is 5.20. The number of hydrogen-bond donors (Lipinski definition) is 1. The lowest BCUT2D eigenvalue weighted by atomic mass is 10.1. The van der Waals surface area contributed by atoms with Gasteiger partial charge in [-0.15, -0.1) is 18.3 Å². The van der Waals surface area contributed by atoms with Crippen LogP contribution in [0.3, 0.4) is 0 Å². The highest BCUT2D eigenvalue weighted by atomic mass is 19.4. The number of aryl methyl sites for hydroxylation is 1. The number of nitrogens with zero attached hydrogens (tertiary/aromatic N) is 5. The largest absolute Gasteiger partial charge is 0.573 e. The first-order valence-corrected chi connectivity index (χ1v) is 10.6. The highest BCUT2D eigenvalue weighted by Crippen LogP contribution is 2.42. The highest BCUT2D eigenvalue weighted by molar-refractivity contribution is 5.95. The van der Waals surface area contributed by atoms with Crippen LogP contribution in [0.5, 0.6) is 5.75 Å². The van der Waals surface area contributed by atoms with Crippen LogP contribution in [0.4, 0.5) is 13.2 Å². The fourth-order valence-electron chi connectivity index (χ4n) is 3.46. The van der Waals surface area contributed by atoms with Crippen LogP contribution in [0.25, 0.3) is 5.82 Å². The Balaban J connectivity index is 1.57. The minimum Gasteiger partial charge on any atom is -0.464 e. The van der Waals surface area contributed by atoms with Gasteiger partial charge < -0.3 is 14.8 Å². The maximum atomic E-state index is 13.0. The zero-order valence-corrected chi connectivity index (χ0v) is 19.0. The van der Waals surface area contributed by atoms with Crippen LogP contribution in [-0.2, 0) is 4.74 Å². The number of hydrogen-bond acceptors (Lipinski definition) is 8. The van der Waals surface area contributed by atoms with E-state index in [2.05, 4.69) is 34.8 Å². The lowest BCUT2D eigenvalue weighted by Gasteiger charge is -2.16. The van der Waals surface area contributed by atoms with Crippen LogP contribution in [0, 0.1) is 6.92 Å². The third kappa shape index (κ3) is 5.73. The van der Waals surface area contributed by atoms with E-state index in [1.165, 1.54) is 30.3 Å². The number of nitrogens with one attached hydrogen (secondary N) is 1. The van der Waals surface area contributed by atoms with Gasteiger partial charge in [0.1, 0.15) is 11.6 Å². The quantitative estimate of drug-likeness (QED) is 0.500. The molecular weight excluding hydrogens is 469 g/mol.